The van der Waals surface area contributed by atoms with Gasteiger partial charge in [0.25, 0.3) is 5.91 Å². The van der Waals surface area contributed by atoms with Crippen LogP contribution < -0.4 is 5.32 Å². The van der Waals surface area contributed by atoms with E-state index in [0.29, 0.717) is 0 Å². The van der Waals surface area contributed by atoms with Crippen LogP contribution in [0.2, 0.25) is 0 Å². The van der Waals surface area contributed by atoms with Crippen LogP contribution in [0, 0.1) is 11.8 Å². The first kappa shape index (κ1) is 20.1. The largest absolute Gasteiger partial charge is 0.468 e. The Labute approximate surface area is 144 Å². The summed E-state index contributed by atoms with van der Waals surface area (Å²) in [7, 11) is 3.34. The Kier molecular flexibility index (Phi) is 7.51. The van der Waals surface area contributed by atoms with E-state index in [4.69, 9.17) is 0 Å². The van der Waals surface area contributed by atoms with Crippen molar-refractivity contribution in [3.8, 4) is 0 Å². The molecule has 0 aliphatic carbocycles. The number of hydrogen-bond acceptors (Lipinski definition) is 8. The van der Waals surface area contributed by atoms with Gasteiger partial charge in [-0.25, -0.2) is 4.79 Å². The van der Waals surface area contributed by atoms with Crippen molar-refractivity contribution in [3.63, 3.8) is 0 Å². The zero-order valence-corrected chi connectivity index (χ0v) is 14.3. The highest BCUT2D eigenvalue weighted by Crippen LogP contribution is 2.20. The lowest BCUT2D eigenvalue weighted by Crippen LogP contribution is -2.51. The molecule has 1 amide bonds. The van der Waals surface area contributed by atoms with Gasteiger partial charge in [0, 0.05) is 18.3 Å². The molecule has 0 aliphatic rings. The third-order valence-electron chi connectivity index (χ3n) is 3.63. The van der Waals surface area contributed by atoms with Crippen LogP contribution in [0.15, 0.2) is 24.5 Å². The average Bonchev–Trinajstić information content (AvgIpc) is 2.65. The van der Waals surface area contributed by atoms with Crippen molar-refractivity contribution < 1.29 is 33.4 Å². The SMILES string of the molecule is COC(=O)C(C(=O)OC)[C@@H](C)[C@@H](NC(=O)c1cccnc1)C(=O)OC. The summed E-state index contributed by atoms with van der Waals surface area (Å²) in [5.74, 6) is -5.58. The van der Waals surface area contributed by atoms with Crippen molar-refractivity contribution in [3.05, 3.63) is 30.1 Å². The molecule has 1 heterocycles. The second-order valence-electron chi connectivity index (χ2n) is 5.10. The van der Waals surface area contributed by atoms with Gasteiger partial charge in [-0.1, -0.05) is 6.92 Å². The standard InChI is InChI=1S/C16H20N2O7/c1-9(11(14(20)23-2)15(21)24-3)12(16(22)25-4)18-13(19)10-6-5-7-17-8-10/h5-9,11-12H,1-4H3,(H,18,19)/t9-,12-/m1/s1. The Morgan fingerprint density at radius 2 is 1.56 bits per heavy atom. The molecule has 1 rings (SSSR count). The van der Waals surface area contributed by atoms with E-state index in [9.17, 15) is 19.2 Å². The number of pyridine rings is 1. The number of methoxy groups -OCH3 is 3. The molecule has 9 heteroatoms. The molecular weight excluding hydrogens is 332 g/mol. The summed E-state index contributed by atoms with van der Waals surface area (Å²) in [6, 6.07) is 1.78. The maximum absolute atomic E-state index is 12.3. The Bertz CT molecular complexity index is 617. The minimum atomic E-state index is -1.41. The van der Waals surface area contributed by atoms with Crippen molar-refractivity contribution in [2.24, 2.45) is 11.8 Å². The number of hydrogen-bond donors (Lipinski definition) is 1. The van der Waals surface area contributed by atoms with Gasteiger partial charge in [0.1, 0.15) is 6.04 Å². The van der Waals surface area contributed by atoms with Gasteiger partial charge >= 0.3 is 17.9 Å². The minimum absolute atomic E-state index is 0.205. The first-order valence-electron chi connectivity index (χ1n) is 7.31. The summed E-state index contributed by atoms with van der Waals surface area (Å²) in [6.07, 6.45) is 2.80. The van der Waals surface area contributed by atoms with E-state index in [0.717, 1.165) is 21.3 Å². The van der Waals surface area contributed by atoms with Crippen LogP contribution in [-0.2, 0) is 28.6 Å². The predicted octanol–water partition coefficient (Wildman–Crippen LogP) is -0.0487. The summed E-state index contributed by atoms with van der Waals surface area (Å²) in [5.41, 5.74) is 0.205. The number of ether oxygens (including phenoxy) is 3. The van der Waals surface area contributed by atoms with Gasteiger partial charge in [-0.2, -0.15) is 0 Å². The summed E-state index contributed by atoms with van der Waals surface area (Å²) >= 11 is 0. The number of carbonyl (C=O) groups is 4. The van der Waals surface area contributed by atoms with Gasteiger partial charge in [-0.05, 0) is 12.1 Å². The van der Waals surface area contributed by atoms with Gasteiger partial charge in [-0.15, -0.1) is 0 Å². The van der Waals surface area contributed by atoms with Crippen molar-refractivity contribution in [1.82, 2.24) is 10.3 Å². The molecule has 25 heavy (non-hydrogen) atoms. The summed E-state index contributed by atoms with van der Waals surface area (Å²) < 4.78 is 13.9. The molecule has 1 aromatic heterocycles. The van der Waals surface area contributed by atoms with E-state index in [2.05, 4.69) is 24.5 Å². The van der Waals surface area contributed by atoms with Crippen LogP contribution in [-0.4, -0.2) is 56.2 Å². The average molecular weight is 352 g/mol. The summed E-state index contributed by atoms with van der Waals surface area (Å²) in [4.78, 5) is 52.0. The smallest absolute Gasteiger partial charge is 0.328 e. The van der Waals surface area contributed by atoms with E-state index < -0.39 is 41.7 Å². The number of nitrogens with zero attached hydrogens (tertiary/aromatic N) is 1. The molecule has 1 aromatic rings. The quantitative estimate of drug-likeness (QED) is 0.412. The van der Waals surface area contributed by atoms with Crippen LogP contribution >= 0.6 is 0 Å². The fraction of sp³-hybridized carbons (Fsp3) is 0.438. The molecule has 136 valence electrons. The second-order valence-corrected chi connectivity index (χ2v) is 5.10. The molecule has 0 aliphatic heterocycles. The highest BCUT2D eigenvalue weighted by Gasteiger charge is 2.42. The van der Waals surface area contributed by atoms with Crippen LogP contribution in [0.4, 0.5) is 0 Å². The van der Waals surface area contributed by atoms with E-state index in [1.807, 2.05) is 0 Å². The molecule has 0 saturated carbocycles. The van der Waals surface area contributed by atoms with Crippen LogP contribution in [0.1, 0.15) is 17.3 Å². The van der Waals surface area contributed by atoms with Crippen molar-refractivity contribution in [2.75, 3.05) is 21.3 Å². The van der Waals surface area contributed by atoms with Gasteiger partial charge in [0.15, 0.2) is 5.92 Å². The van der Waals surface area contributed by atoms with Crippen LogP contribution in [0.5, 0.6) is 0 Å². The van der Waals surface area contributed by atoms with Crippen molar-refractivity contribution in [1.29, 1.82) is 0 Å². The molecule has 1 N–H and O–H groups in total. The first-order chi connectivity index (χ1) is 11.9. The molecule has 0 unspecified atom stereocenters. The maximum Gasteiger partial charge on any atom is 0.328 e. The Morgan fingerprint density at radius 1 is 1.00 bits per heavy atom. The number of aromatic nitrogens is 1. The highest BCUT2D eigenvalue weighted by molar-refractivity contribution is 5.98. The third-order valence-corrected chi connectivity index (χ3v) is 3.63. The van der Waals surface area contributed by atoms with E-state index >= 15 is 0 Å². The van der Waals surface area contributed by atoms with Crippen LogP contribution in [0.25, 0.3) is 0 Å². The molecule has 9 nitrogen and oxygen atoms in total. The molecule has 2 atom stereocenters. The lowest BCUT2D eigenvalue weighted by molar-refractivity contribution is -0.162. The lowest BCUT2D eigenvalue weighted by Gasteiger charge is -2.27. The van der Waals surface area contributed by atoms with Crippen molar-refractivity contribution in [2.45, 2.75) is 13.0 Å². The summed E-state index contributed by atoms with van der Waals surface area (Å²) in [5, 5.41) is 2.45. The van der Waals surface area contributed by atoms with Crippen molar-refractivity contribution >= 4 is 23.8 Å². The third kappa shape index (κ3) is 5.00. The van der Waals surface area contributed by atoms with Gasteiger partial charge < -0.3 is 19.5 Å². The second kappa shape index (κ2) is 9.36. The molecule has 0 aromatic carbocycles. The van der Waals surface area contributed by atoms with Gasteiger partial charge in [0.2, 0.25) is 0 Å². The Hall–Kier alpha value is -2.97. The highest BCUT2D eigenvalue weighted by atomic mass is 16.5. The molecule has 0 saturated heterocycles. The van der Waals surface area contributed by atoms with E-state index in [1.54, 1.807) is 6.07 Å². The minimum Gasteiger partial charge on any atom is -0.468 e. The topological polar surface area (TPSA) is 121 Å². The normalized spacial score (nSPS) is 12.7. The Balaban J connectivity index is 3.11. The fourth-order valence-electron chi connectivity index (χ4n) is 2.23. The lowest BCUT2D eigenvalue weighted by atomic mass is 9.87. The van der Waals surface area contributed by atoms with Gasteiger partial charge in [-0.3, -0.25) is 19.4 Å². The Morgan fingerprint density at radius 3 is 2.00 bits per heavy atom. The number of esters is 3. The number of amides is 1. The molecule has 0 bridgehead atoms. The van der Waals surface area contributed by atoms with E-state index in [1.165, 1.54) is 25.4 Å². The fourth-order valence-corrected chi connectivity index (χ4v) is 2.23. The monoisotopic (exact) mass is 352 g/mol. The first-order valence-corrected chi connectivity index (χ1v) is 7.31. The predicted molar refractivity (Wildman–Crippen MR) is 84.2 cm³/mol. The zero-order valence-electron chi connectivity index (χ0n) is 14.3. The van der Waals surface area contributed by atoms with Gasteiger partial charge in [0.05, 0.1) is 26.9 Å². The van der Waals surface area contributed by atoms with E-state index in [-0.39, 0.29) is 5.56 Å². The summed E-state index contributed by atoms with van der Waals surface area (Å²) in [6.45, 7) is 1.43. The maximum atomic E-state index is 12.3. The number of rotatable bonds is 7. The molecular formula is C16H20N2O7. The molecule has 0 spiro atoms. The molecule has 0 fully saturated rings. The number of carbonyl (C=O) groups excluding carboxylic acids is 4. The number of nitrogens with one attached hydrogen (secondary N) is 1. The molecule has 0 radical (unpaired) electrons. The zero-order chi connectivity index (χ0) is 19.0. The van der Waals surface area contributed by atoms with Crippen LogP contribution in [0.3, 0.4) is 0 Å².